The van der Waals surface area contributed by atoms with E-state index in [0.29, 0.717) is 5.02 Å². The molecule has 2 heterocycles. The first kappa shape index (κ1) is 15.4. The highest BCUT2D eigenvalue weighted by Gasteiger charge is 2.16. The summed E-state index contributed by atoms with van der Waals surface area (Å²) in [6.45, 7) is 3.07. The van der Waals surface area contributed by atoms with Crippen LogP contribution in [0.2, 0.25) is 5.02 Å². The number of hydrogen-bond acceptors (Lipinski definition) is 3. The van der Waals surface area contributed by atoms with Gasteiger partial charge in [0.2, 0.25) is 0 Å². The number of nitrogens with one attached hydrogen (secondary N) is 1. The Kier molecular flexibility index (Phi) is 5.95. The Balaban J connectivity index is 2.19. The van der Waals surface area contributed by atoms with Gasteiger partial charge in [-0.05, 0) is 53.2 Å². The van der Waals surface area contributed by atoms with E-state index in [1.54, 1.807) is 6.20 Å². The van der Waals surface area contributed by atoms with E-state index < -0.39 is 0 Å². The minimum absolute atomic E-state index is 0.0809. The van der Waals surface area contributed by atoms with Crippen LogP contribution in [-0.4, -0.2) is 16.5 Å². The second-order valence-electron chi connectivity index (χ2n) is 4.55. The maximum Gasteiger partial charge on any atom is 0.0762 e. The molecule has 0 saturated carbocycles. The van der Waals surface area contributed by atoms with Gasteiger partial charge in [-0.2, -0.15) is 0 Å². The molecule has 2 aromatic heterocycles. The van der Waals surface area contributed by atoms with E-state index in [1.165, 1.54) is 0 Å². The predicted molar refractivity (Wildman–Crippen MR) is 85.9 cm³/mol. The van der Waals surface area contributed by atoms with Gasteiger partial charge in [0, 0.05) is 29.0 Å². The number of rotatable bonds is 6. The number of pyridine rings is 2. The molecule has 0 spiro atoms. The summed E-state index contributed by atoms with van der Waals surface area (Å²) in [6, 6.07) is 7.82. The molecule has 0 amide bonds. The van der Waals surface area contributed by atoms with Crippen molar-refractivity contribution in [3.05, 3.63) is 57.5 Å². The standard InChI is InChI=1S/C15H17BrClN3/c1-2-7-18-14(15-13(17)4-3-8-19-15)9-12-6-5-11(16)10-20-12/h3-6,8,10,14,18H,2,7,9H2,1H3. The lowest BCUT2D eigenvalue weighted by atomic mass is 10.1. The maximum absolute atomic E-state index is 6.26. The SMILES string of the molecule is CCCNC(Cc1ccc(Br)cn1)c1ncccc1Cl. The first-order valence-electron chi connectivity index (χ1n) is 6.65. The minimum atomic E-state index is 0.0809. The van der Waals surface area contributed by atoms with Crippen molar-refractivity contribution >= 4 is 27.5 Å². The lowest BCUT2D eigenvalue weighted by Gasteiger charge is -2.18. The molecule has 0 fully saturated rings. The third-order valence-corrected chi connectivity index (χ3v) is 3.75. The van der Waals surface area contributed by atoms with Crippen molar-refractivity contribution in [2.75, 3.05) is 6.54 Å². The zero-order valence-electron chi connectivity index (χ0n) is 11.3. The molecule has 3 nitrogen and oxygen atoms in total. The van der Waals surface area contributed by atoms with Gasteiger partial charge in [0.15, 0.2) is 0 Å². The van der Waals surface area contributed by atoms with Crippen molar-refractivity contribution in [3.63, 3.8) is 0 Å². The van der Waals surface area contributed by atoms with Crippen LogP contribution < -0.4 is 5.32 Å². The zero-order valence-corrected chi connectivity index (χ0v) is 13.7. The van der Waals surface area contributed by atoms with Crippen molar-refractivity contribution < 1.29 is 0 Å². The lowest BCUT2D eigenvalue weighted by Crippen LogP contribution is -2.25. The molecule has 0 aliphatic rings. The first-order valence-corrected chi connectivity index (χ1v) is 7.82. The molecule has 0 aliphatic heterocycles. The quantitative estimate of drug-likeness (QED) is 0.846. The Labute approximate surface area is 132 Å². The van der Waals surface area contributed by atoms with Crippen LogP contribution in [0, 0.1) is 0 Å². The molecule has 20 heavy (non-hydrogen) atoms. The Morgan fingerprint density at radius 1 is 1.30 bits per heavy atom. The third kappa shape index (κ3) is 4.27. The van der Waals surface area contributed by atoms with Crippen LogP contribution in [0.15, 0.2) is 41.1 Å². The largest absolute Gasteiger partial charge is 0.308 e. The molecule has 0 radical (unpaired) electrons. The third-order valence-electron chi connectivity index (χ3n) is 2.96. The number of halogens is 2. The van der Waals surface area contributed by atoms with Crippen molar-refractivity contribution in [2.24, 2.45) is 0 Å². The average Bonchev–Trinajstić information content (AvgIpc) is 2.46. The lowest BCUT2D eigenvalue weighted by molar-refractivity contribution is 0.513. The van der Waals surface area contributed by atoms with Crippen molar-refractivity contribution in [1.29, 1.82) is 0 Å². The van der Waals surface area contributed by atoms with E-state index in [2.05, 4.69) is 38.1 Å². The van der Waals surface area contributed by atoms with Crippen molar-refractivity contribution in [2.45, 2.75) is 25.8 Å². The Hall–Kier alpha value is -0.970. The van der Waals surface area contributed by atoms with Gasteiger partial charge in [-0.15, -0.1) is 0 Å². The molecule has 5 heteroatoms. The summed E-state index contributed by atoms with van der Waals surface area (Å²) < 4.78 is 0.982. The van der Waals surface area contributed by atoms with Gasteiger partial charge < -0.3 is 5.32 Å². The molecule has 1 unspecified atom stereocenters. The molecular formula is C15H17BrClN3. The molecule has 0 aliphatic carbocycles. The zero-order chi connectivity index (χ0) is 14.4. The number of nitrogens with zero attached hydrogens (tertiary/aromatic N) is 2. The first-order chi connectivity index (χ1) is 9.70. The highest BCUT2D eigenvalue weighted by molar-refractivity contribution is 9.10. The fourth-order valence-corrected chi connectivity index (χ4v) is 2.46. The van der Waals surface area contributed by atoms with E-state index >= 15 is 0 Å². The maximum atomic E-state index is 6.26. The summed E-state index contributed by atoms with van der Waals surface area (Å²) >= 11 is 9.66. The van der Waals surface area contributed by atoms with Crippen LogP contribution in [0.1, 0.15) is 30.8 Å². The second-order valence-corrected chi connectivity index (χ2v) is 5.87. The van der Waals surface area contributed by atoms with Crippen LogP contribution >= 0.6 is 27.5 Å². The molecule has 1 N–H and O–H groups in total. The van der Waals surface area contributed by atoms with Gasteiger partial charge in [-0.3, -0.25) is 9.97 Å². The summed E-state index contributed by atoms with van der Waals surface area (Å²) in [6.07, 6.45) is 5.42. The van der Waals surface area contributed by atoms with Crippen molar-refractivity contribution in [1.82, 2.24) is 15.3 Å². The fourth-order valence-electron chi connectivity index (χ4n) is 1.97. The highest BCUT2D eigenvalue weighted by atomic mass is 79.9. The Morgan fingerprint density at radius 3 is 2.80 bits per heavy atom. The van der Waals surface area contributed by atoms with Gasteiger partial charge >= 0.3 is 0 Å². The molecule has 0 aromatic carbocycles. The fraction of sp³-hybridized carbons (Fsp3) is 0.333. The monoisotopic (exact) mass is 353 g/mol. The topological polar surface area (TPSA) is 37.8 Å². The average molecular weight is 355 g/mol. The minimum Gasteiger partial charge on any atom is -0.308 e. The van der Waals surface area contributed by atoms with E-state index in [1.807, 2.05) is 30.5 Å². The molecule has 0 bridgehead atoms. The summed E-state index contributed by atoms with van der Waals surface area (Å²) in [5.41, 5.74) is 1.90. The summed E-state index contributed by atoms with van der Waals surface area (Å²) in [4.78, 5) is 8.84. The second kappa shape index (κ2) is 7.72. The van der Waals surface area contributed by atoms with Crippen LogP contribution in [0.3, 0.4) is 0 Å². The van der Waals surface area contributed by atoms with Gasteiger partial charge in [0.05, 0.1) is 16.8 Å². The molecule has 1 atom stereocenters. The molecule has 0 saturated heterocycles. The van der Waals surface area contributed by atoms with Crippen LogP contribution in [0.5, 0.6) is 0 Å². The van der Waals surface area contributed by atoms with Crippen LogP contribution in [0.25, 0.3) is 0 Å². The predicted octanol–water partition coefficient (Wildman–Crippen LogP) is 4.18. The summed E-state index contributed by atoms with van der Waals surface area (Å²) in [5, 5.41) is 4.18. The highest BCUT2D eigenvalue weighted by Crippen LogP contribution is 2.23. The number of aromatic nitrogens is 2. The molecule has 2 rings (SSSR count). The Bertz CT molecular complexity index is 545. The van der Waals surface area contributed by atoms with Gasteiger partial charge in [0.1, 0.15) is 0 Å². The number of hydrogen-bond donors (Lipinski definition) is 1. The molecule has 106 valence electrons. The summed E-state index contributed by atoms with van der Waals surface area (Å²) in [5.74, 6) is 0. The van der Waals surface area contributed by atoms with E-state index in [9.17, 15) is 0 Å². The van der Waals surface area contributed by atoms with Crippen LogP contribution in [0.4, 0.5) is 0 Å². The summed E-state index contributed by atoms with van der Waals surface area (Å²) in [7, 11) is 0. The van der Waals surface area contributed by atoms with Gasteiger partial charge in [-0.1, -0.05) is 18.5 Å². The van der Waals surface area contributed by atoms with Gasteiger partial charge in [-0.25, -0.2) is 0 Å². The van der Waals surface area contributed by atoms with E-state index in [4.69, 9.17) is 11.6 Å². The Morgan fingerprint density at radius 2 is 2.15 bits per heavy atom. The van der Waals surface area contributed by atoms with E-state index in [0.717, 1.165) is 35.2 Å². The smallest absolute Gasteiger partial charge is 0.0762 e. The van der Waals surface area contributed by atoms with Gasteiger partial charge in [0.25, 0.3) is 0 Å². The molecular weight excluding hydrogens is 338 g/mol. The van der Waals surface area contributed by atoms with Crippen molar-refractivity contribution in [3.8, 4) is 0 Å². The normalized spacial score (nSPS) is 12.3. The van der Waals surface area contributed by atoms with Crippen LogP contribution in [-0.2, 0) is 6.42 Å². The van der Waals surface area contributed by atoms with E-state index in [-0.39, 0.29) is 6.04 Å². The molecule has 2 aromatic rings.